The number of Topliss-reactive ketones (excluding diaryl/α,β-unsaturated/α-hetero) is 1. The molecule has 11 heavy (non-hydrogen) atoms. The first-order chi connectivity index (χ1) is 5.33. The lowest BCUT2D eigenvalue weighted by Crippen LogP contribution is -2.32. The molecule has 0 bridgehead atoms. The third kappa shape index (κ3) is 0.993. The van der Waals surface area contributed by atoms with Crippen molar-refractivity contribution in [2.24, 2.45) is 5.92 Å². The Morgan fingerprint density at radius 2 is 2.36 bits per heavy atom. The molecule has 0 saturated carbocycles. The Balaban J connectivity index is 2.13. The van der Waals surface area contributed by atoms with Crippen molar-refractivity contribution in [3.63, 3.8) is 0 Å². The first kappa shape index (κ1) is 7.25. The fourth-order valence-electron chi connectivity index (χ4n) is 2.24. The fraction of sp³-hybridized carbons (Fsp3) is 0.875. The van der Waals surface area contributed by atoms with Crippen LogP contribution in [-0.2, 0) is 4.79 Å². The predicted molar refractivity (Wildman–Crippen MR) is 40.2 cm³/mol. The number of ketones is 1. The number of carbonyl (C=O) groups is 1. The zero-order valence-corrected chi connectivity index (χ0v) is 6.49. The van der Waals surface area contributed by atoms with Gasteiger partial charge in [-0.05, 0) is 13.0 Å². The lowest BCUT2D eigenvalue weighted by molar-refractivity contribution is -0.120. The van der Waals surface area contributed by atoms with E-state index in [1.54, 1.807) is 0 Å². The van der Waals surface area contributed by atoms with Gasteiger partial charge in [0.1, 0.15) is 0 Å². The molecular weight excluding hydrogens is 142 g/mol. The molecule has 0 radical (unpaired) electrons. The molecule has 2 aliphatic heterocycles. The topological polar surface area (TPSA) is 40.5 Å². The molecule has 3 nitrogen and oxygen atoms in total. The van der Waals surface area contributed by atoms with E-state index in [1.807, 2.05) is 0 Å². The van der Waals surface area contributed by atoms with Gasteiger partial charge in [0.05, 0.1) is 6.04 Å². The standard InChI is InChI=1S/C8H13NO2/c10-5-6-1-3-9-4-2-7(11)8(6)9/h6,8,10H,1-5H2. The Morgan fingerprint density at radius 3 is 3.09 bits per heavy atom. The van der Waals surface area contributed by atoms with Crippen molar-refractivity contribution in [3.05, 3.63) is 0 Å². The second-order valence-corrected chi connectivity index (χ2v) is 3.43. The van der Waals surface area contributed by atoms with E-state index in [-0.39, 0.29) is 18.6 Å². The van der Waals surface area contributed by atoms with Crippen LogP contribution in [0.3, 0.4) is 0 Å². The van der Waals surface area contributed by atoms with Gasteiger partial charge in [0, 0.05) is 25.5 Å². The molecule has 0 aliphatic carbocycles. The minimum absolute atomic E-state index is 0.0694. The Kier molecular flexibility index (Phi) is 1.69. The van der Waals surface area contributed by atoms with Crippen LogP contribution in [-0.4, -0.2) is 41.5 Å². The summed E-state index contributed by atoms with van der Waals surface area (Å²) in [6.45, 7) is 2.09. The van der Waals surface area contributed by atoms with Gasteiger partial charge in [0.2, 0.25) is 0 Å². The maximum absolute atomic E-state index is 11.3. The number of carbonyl (C=O) groups excluding carboxylic acids is 1. The summed E-state index contributed by atoms with van der Waals surface area (Å²) in [6.07, 6.45) is 1.69. The van der Waals surface area contributed by atoms with Crippen molar-refractivity contribution >= 4 is 5.78 Å². The summed E-state index contributed by atoms with van der Waals surface area (Å²) in [5.74, 6) is 0.562. The van der Waals surface area contributed by atoms with Crippen molar-refractivity contribution in [1.82, 2.24) is 4.90 Å². The van der Waals surface area contributed by atoms with Crippen LogP contribution in [0.2, 0.25) is 0 Å². The predicted octanol–water partition coefficient (Wildman–Crippen LogP) is -0.358. The van der Waals surface area contributed by atoms with E-state index in [1.165, 1.54) is 0 Å². The Hall–Kier alpha value is -0.410. The Bertz CT molecular complexity index is 181. The summed E-state index contributed by atoms with van der Waals surface area (Å²) in [5, 5.41) is 8.95. The van der Waals surface area contributed by atoms with Gasteiger partial charge in [0.15, 0.2) is 5.78 Å². The maximum atomic E-state index is 11.3. The van der Waals surface area contributed by atoms with Crippen LogP contribution in [0.15, 0.2) is 0 Å². The number of aliphatic hydroxyl groups excluding tert-OH is 1. The average Bonchev–Trinajstić information content (AvgIpc) is 2.54. The molecule has 62 valence electrons. The van der Waals surface area contributed by atoms with Crippen molar-refractivity contribution in [3.8, 4) is 0 Å². The molecular formula is C8H13NO2. The van der Waals surface area contributed by atoms with Crippen molar-refractivity contribution in [1.29, 1.82) is 0 Å². The summed E-state index contributed by atoms with van der Waals surface area (Å²) in [5.41, 5.74) is 0. The normalized spacial score (nSPS) is 38.1. The van der Waals surface area contributed by atoms with Gasteiger partial charge in [-0.1, -0.05) is 0 Å². The lowest BCUT2D eigenvalue weighted by Gasteiger charge is -2.16. The monoisotopic (exact) mass is 155 g/mol. The molecule has 2 rings (SSSR count). The number of rotatable bonds is 1. The van der Waals surface area contributed by atoms with Crippen LogP contribution in [0.5, 0.6) is 0 Å². The van der Waals surface area contributed by atoms with Gasteiger partial charge in [-0.2, -0.15) is 0 Å². The molecule has 0 aromatic rings. The van der Waals surface area contributed by atoms with Crippen molar-refractivity contribution in [2.45, 2.75) is 18.9 Å². The van der Waals surface area contributed by atoms with Crippen LogP contribution >= 0.6 is 0 Å². The van der Waals surface area contributed by atoms with Crippen molar-refractivity contribution in [2.75, 3.05) is 19.7 Å². The number of hydrogen-bond donors (Lipinski definition) is 1. The minimum Gasteiger partial charge on any atom is -0.396 e. The number of hydrogen-bond acceptors (Lipinski definition) is 3. The third-order valence-corrected chi connectivity index (χ3v) is 2.84. The van der Waals surface area contributed by atoms with E-state index in [9.17, 15) is 4.79 Å². The van der Waals surface area contributed by atoms with Crippen LogP contribution in [0.1, 0.15) is 12.8 Å². The zero-order valence-electron chi connectivity index (χ0n) is 6.49. The SMILES string of the molecule is O=C1CCN2CCC(CO)C12. The largest absolute Gasteiger partial charge is 0.396 e. The average molecular weight is 155 g/mol. The summed E-state index contributed by atoms with van der Waals surface area (Å²) in [4.78, 5) is 13.5. The highest BCUT2D eigenvalue weighted by Crippen LogP contribution is 2.29. The smallest absolute Gasteiger partial charge is 0.151 e. The van der Waals surface area contributed by atoms with Gasteiger partial charge in [-0.15, -0.1) is 0 Å². The molecule has 0 spiro atoms. The van der Waals surface area contributed by atoms with E-state index < -0.39 is 0 Å². The minimum atomic E-state index is 0.0694. The highest BCUT2D eigenvalue weighted by molar-refractivity contribution is 5.86. The molecule has 2 atom stereocenters. The summed E-state index contributed by atoms with van der Waals surface area (Å²) < 4.78 is 0. The highest BCUT2D eigenvalue weighted by Gasteiger charge is 2.42. The second-order valence-electron chi connectivity index (χ2n) is 3.43. The molecule has 2 heterocycles. The molecule has 0 aromatic heterocycles. The van der Waals surface area contributed by atoms with E-state index >= 15 is 0 Å². The maximum Gasteiger partial charge on any atom is 0.151 e. The molecule has 2 saturated heterocycles. The van der Waals surface area contributed by atoms with Crippen LogP contribution in [0.4, 0.5) is 0 Å². The summed E-state index contributed by atoms with van der Waals surface area (Å²) in [6, 6.07) is 0.0694. The molecule has 0 amide bonds. The molecule has 0 aromatic carbocycles. The molecule has 2 fully saturated rings. The Morgan fingerprint density at radius 1 is 1.55 bits per heavy atom. The zero-order chi connectivity index (χ0) is 7.84. The lowest BCUT2D eigenvalue weighted by atomic mass is 9.99. The quantitative estimate of drug-likeness (QED) is 0.562. The van der Waals surface area contributed by atoms with E-state index in [0.29, 0.717) is 12.2 Å². The van der Waals surface area contributed by atoms with Gasteiger partial charge in [-0.3, -0.25) is 9.69 Å². The van der Waals surface area contributed by atoms with Gasteiger partial charge in [-0.25, -0.2) is 0 Å². The number of fused-ring (bicyclic) bond motifs is 1. The van der Waals surface area contributed by atoms with Crippen LogP contribution < -0.4 is 0 Å². The fourth-order valence-corrected chi connectivity index (χ4v) is 2.24. The summed E-state index contributed by atoms with van der Waals surface area (Å²) in [7, 11) is 0. The number of aliphatic hydroxyl groups is 1. The Labute approximate surface area is 66.0 Å². The summed E-state index contributed by atoms with van der Waals surface area (Å²) >= 11 is 0. The molecule has 3 heteroatoms. The van der Waals surface area contributed by atoms with Crippen LogP contribution in [0, 0.1) is 5.92 Å². The third-order valence-electron chi connectivity index (χ3n) is 2.84. The molecule has 1 N–H and O–H groups in total. The highest BCUT2D eigenvalue weighted by atomic mass is 16.3. The van der Waals surface area contributed by atoms with Gasteiger partial charge in [0.25, 0.3) is 0 Å². The van der Waals surface area contributed by atoms with Gasteiger partial charge >= 0.3 is 0 Å². The van der Waals surface area contributed by atoms with Gasteiger partial charge < -0.3 is 5.11 Å². The second kappa shape index (κ2) is 2.57. The van der Waals surface area contributed by atoms with Crippen molar-refractivity contribution < 1.29 is 9.90 Å². The number of nitrogens with zero attached hydrogens (tertiary/aromatic N) is 1. The first-order valence-corrected chi connectivity index (χ1v) is 4.20. The van der Waals surface area contributed by atoms with E-state index in [4.69, 9.17) is 5.11 Å². The van der Waals surface area contributed by atoms with E-state index in [2.05, 4.69) is 4.90 Å². The molecule has 2 unspecified atom stereocenters. The molecule has 2 aliphatic rings. The van der Waals surface area contributed by atoms with E-state index in [0.717, 1.165) is 19.5 Å². The first-order valence-electron chi connectivity index (χ1n) is 4.20. The van der Waals surface area contributed by atoms with Crippen LogP contribution in [0.25, 0.3) is 0 Å².